The van der Waals surface area contributed by atoms with E-state index in [-0.39, 0.29) is 11.9 Å². The van der Waals surface area contributed by atoms with E-state index in [2.05, 4.69) is 4.98 Å². The van der Waals surface area contributed by atoms with Gasteiger partial charge >= 0.3 is 0 Å². The molecule has 0 bridgehead atoms. The van der Waals surface area contributed by atoms with Crippen LogP contribution < -0.4 is 5.73 Å². The van der Waals surface area contributed by atoms with Crippen LogP contribution in [0.5, 0.6) is 0 Å². The molecule has 0 aliphatic carbocycles. The minimum absolute atomic E-state index is 0.0216. The third-order valence-electron chi connectivity index (χ3n) is 2.15. The van der Waals surface area contributed by atoms with Crippen molar-refractivity contribution >= 4 is 0 Å². The lowest BCUT2D eigenvalue weighted by atomic mass is 10.2. The van der Waals surface area contributed by atoms with Crippen molar-refractivity contribution in [2.24, 2.45) is 5.73 Å². The molecule has 0 spiro atoms. The maximum atomic E-state index is 13.0. The van der Waals surface area contributed by atoms with Gasteiger partial charge in [0.15, 0.2) is 0 Å². The summed E-state index contributed by atoms with van der Waals surface area (Å²) in [5, 5.41) is 0. The second-order valence-corrected chi connectivity index (χ2v) is 3.82. The lowest BCUT2D eigenvalue weighted by molar-refractivity contribution is 0.499. The molecule has 1 aromatic heterocycles. The van der Waals surface area contributed by atoms with Crippen molar-refractivity contribution in [1.29, 1.82) is 0 Å². The van der Waals surface area contributed by atoms with Crippen LogP contribution in [-0.2, 0) is 6.42 Å². The molecule has 0 saturated heterocycles. The zero-order valence-corrected chi connectivity index (χ0v) is 8.98. The number of aromatic nitrogens is 1. The predicted molar refractivity (Wildman–Crippen MR) is 59.3 cm³/mol. The normalized spacial score (nSPS) is 12.7. The van der Waals surface area contributed by atoms with Crippen LogP contribution in [0.15, 0.2) is 34.9 Å². The summed E-state index contributed by atoms with van der Waals surface area (Å²) in [4.78, 5) is 4.09. The Morgan fingerprint density at radius 1 is 1.50 bits per heavy atom. The summed E-state index contributed by atoms with van der Waals surface area (Å²) in [6.45, 7) is 1.89. The Hall–Kier alpha value is -1.68. The highest BCUT2D eigenvalue weighted by Gasteiger charge is 2.08. The highest BCUT2D eigenvalue weighted by molar-refractivity contribution is 5.52. The number of rotatable bonds is 3. The molecular formula is C12H13FN2O. The van der Waals surface area contributed by atoms with Gasteiger partial charge in [0.25, 0.3) is 0 Å². The summed E-state index contributed by atoms with van der Waals surface area (Å²) in [7, 11) is 0. The molecule has 2 N–H and O–H groups in total. The van der Waals surface area contributed by atoms with Gasteiger partial charge in [-0.3, -0.25) is 0 Å². The number of hydrogen-bond donors (Lipinski definition) is 1. The Labute approximate surface area is 93.1 Å². The van der Waals surface area contributed by atoms with Crippen LogP contribution in [0.2, 0.25) is 0 Å². The summed E-state index contributed by atoms with van der Waals surface area (Å²) in [6, 6.07) is 6.18. The fourth-order valence-corrected chi connectivity index (χ4v) is 1.47. The summed E-state index contributed by atoms with van der Waals surface area (Å²) < 4.78 is 18.5. The first-order valence-electron chi connectivity index (χ1n) is 5.11. The number of hydrogen-bond acceptors (Lipinski definition) is 3. The number of oxazole rings is 1. The van der Waals surface area contributed by atoms with Crippen LogP contribution in [0.4, 0.5) is 4.39 Å². The van der Waals surface area contributed by atoms with E-state index >= 15 is 0 Å². The predicted octanol–water partition coefficient (Wildman–Crippen LogP) is 2.37. The SMILES string of the molecule is CC(N)Cc1cnc(-c2cccc(F)c2)o1. The van der Waals surface area contributed by atoms with Crippen LogP contribution in [0.1, 0.15) is 12.7 Å². The van der Waals surface area contributed by atoms with E-state index in [1.54, 1.807) is 18.3 Å². The molecule has 0 radical (unpaired) electrons. The second kappa shape index (κ2) is 4.45. The van der Waals surface area contributed by atoms with E-state index in [1.807, 2.05) is 6.92 Å². The molecule has 0 aliphatic heterocycles. The van der Waals surface area contributed by atoms with Crippen molar-refractivity contribution in [3.05, 3.63) is 42.0 Å². The third-order valence-corrected chi connectivity index (χ3v) is 2.15. The van der Waals surface area contributed by atoms with Crippen molar-refractivity contribution in [1.82, 2.24) is 4.98 Å². The molecule has 0 fully saturated rings. The fourth-order valence-electron chi connectivity index (χ4n) is 1.47. The average Bonchev–Trinajstić information content (AvgIpc) is 2.65. The molecule has 2 aromatic rings. The quantitative estimate of drug-likeness (QED) is 0.863. The van der Waals surface area contributed by atoms with Gasteiger partial charge in [-0.05, 0) is 25.1 Å². The van der Waals surface area contributed by atoms with Crippen molar-refractivity contribution in [3.8, 4) is 11.5 Å². The zero-order chi connectivity index (χ0) is 11.5. The van der Waals surface area contributed by atoms with Crippen LogP contribution in [0, 0.1) is 5.82 Å². The topological polar surface area (TPSA) is 52.0 Å². The number of benzene rings is 1. The minimum atomic E-state index is -0.301. The Bertz CT molecular complexity index is 479. The maximum absolute atomic E-state index is 13.0. The highest BCUT2D eigenvalue weighted by atomic mass is 19.1. The minimum Gasteiger partial charge on any atom is -0.441 e. The lowest BCUT2D eigenvalue weighted by Gasteiger charge is -1.99. The van der Waals surface area contributed by atoms with Crippen LogP contribution in [0.3, 0.4) is 0 Å². The molecule has 1 unspecified atom stereocenters. The molecule has 0 amide bonds. The van der Waals surface area contributed by atoms with Gasteiger partial charge in [-0.15, -0.1) is 0 Å². The third kappa shape index (κ3) is 2.46. The zero-order valence-electron chi connectivity index (χ0n) is 8.98. The lowest BCUT2D eigenvalue weighted by Crippen LogP contribution is -2.17. The Morgan fingerprint density at radius 3 is 3.00 bits per heavy atom. The summed E-state index contributed by atoms with van der Waals surface area (Å²) in [6.07, 6.45) is 2.26. The van der Waals surface area contributed by atoms with Gasteiger partial charge in [0.2, 0.25) is 5.89 Å². The first-order chi connectivity index (χ1) is 7.65. The average molecular weight is 220 g/mol. The molecule has 0 aliphatic rings. The summed E-state index contributed by atoms with van der Waals surface area (Å²) >= 11 is 0. The van der Waals surface area contributed by atoms with Crippen LogP contribution in [-0.4, -0.2) is 11.0 Å². The first-order valence-corrected chi connectivity index (χ1v) is 5.11. The van der Waals surface area contributed by atoms with Crippen molar-refractivity contribution < 1.29 is 8.81 Å². The molecule has 1 aromatic carbocycles. The standard InChI is InChI=1S/C12H13FN2O/c1-8(14)5-11-7-15-12(16-11)9-3-2-4-10(13)6-9/h2-4,6-8H,5,14H2,1H3. The van der Waals surface area contributed by atoms with Crippen LogP contribution >= 0.6 is 0 Å². The molecule has 0 saturated carbocycles. The maximum Gasteiger partial charge on any atom is 0.226 e. The first kappa shape index (κ1) is 10.8. The van der Waals surface area contributed by atoms with E-state index in [4.69, 9.17) is 10.2 Å². The van der Waals surface area contributed by atoms with E-state index in [0.29, 0.717) is 23.6 Å². The smallest absolute Gasteiger partial charge is 0.226 e. The van der Waals surface area contributed by atoms with E-state index in [9.17, 15) is 4.39 Å². The summed E-state index contributed by atoms with van der Waals surface area (Å²) in [5.41, 5.74) is 6.28. The van der Waals surface area contributed by atoms with Gasteiger partial charge in [0.05, 0.1) is 6.20 Å². The van der Waals surface area contributed by atoms with Crippen molar-refractivity contribution in [3.63, 3.8) is 0 Å². The molecular weight excluding hydrogens is 207 g/mol. The van der Waals surface area contributed by atoms with Gasteiger partial charge in [-0.25, -0.2) is 9.37 Å². The molecule has 4 heteroatoms. The molecule has 3 nitrogen and oxygen atoms in total. The number of nitrogens with zero attached hydrogens (tertiary/aromatic N) is 1. The Morgan fingerprint density at radius 2 is 2.31 bits per heavy atom. The Balaban J connectivity index is 2.24. The largest absolute Gasteiger partial charge is 0.441 e. The number of halogens is 1. The van der Waals surface area contributed by atoms with Gasteiger partial charge in [-0.1, -0.05) is 6.07 Å². The van der Waals surface area contributed by atoms with E-state index in [0.717, 1.165) is 0 Å². The Kier molecular flexibility index (Phi) is 3.01. The number of nitrogens with two attached hydrogens (primary N) is 1. The fraction of sp³-hybridized carbons (Fsp3) is 0.250. The summed E-state index contributed by atoms with van der Waals surface area (Å²) in [5.74, 6) is 0.842. The van der Waals surface area contributed by atoms with Crippen molar-refractivity contribution in [2.45, 2.75) is 19.4 Å². The highest BCUT2D eigenvalue weighted by Crippen LogP contribution is 2.20. The van der Waals surface area contributed by atoms with Crippen LogP contribution in [0.25, 0.3) is 11.5 Å². The molecule has 2 rings (SSSR count). The second-order valence-electron chi connectivity index (χ2n) is 3.82. The van der Waals surface area contributed by atoms with Gasteiger partial charge in [-0.2, -0.15) is 0 Å². The van der Waals surface area contributed by atoms with E-state index in [1.165, 1.54) is 12.1 Å². The van der Waals surface area contributed by atoms with Gasteiger partial charge < -0.3 is 10.2 Å². The van der Waals surface area contributed by atoms with Gasteiger partial charge in [0.1, 0.15) is 11.6 Å². The molecule has 1 heterocycles. The van der Waals surface area contributed by atoms with Gasteiger partial charge in [0, 0.05) is 18.0 Å². The van der Waals surface area contributed by atoms with Crippen molar-refractivity contribution in [2.75, 3.05) is 0 Å². The monoisotopic (exact) mass is 220 g/mol. The molecule has 1 atom stereocenters. The van der Waals surface area contributed by atoms with E-state index < -0.39 is 0 Å². The molecule has 16 heavy (non-hydrogen) atoms. The molecule has 84 valence electrons.